The fourth-order valence-electron chi connectivity index (χ4n) is 3.59. The van der Waals surface area contributed by atoms with E-state index in [0.29, 0.717) is 18.5 Å². The van der Waals surface area contributed by atoms with Gasteiger partial charge in [-0.25, -0.2) is 9.98 Å². The van der Waals surface area contributed by atoms with Gasteiger partial charge in [-0.3, -0.25) is 0 Å². The second-order valence-electron chi connectivity index (χ2n) is 7.51. The lowest BCUT2D eigenvalue weighted by Crippen LogP contribution is -2.49. The van der Waals surface area contributed by atoms with Gasteiger partial charge in [0.25, 0.3) is 0 Å². The summed E-state index contributed by atoms with van der Waals surface area (Å²) >= 11 is 0. The number of imidazole rings is 1. The van der Waals surface area contributed by atoms with Crippen LogP contribution in [0, 0.1) is 5.92 Å². The lowest BCUT2D eigenvalue weighted by Gasteiger charge is -2.39. The molecule has 1 aromatic carbocycles. The van der Waals surface area contributed by atoms with Crippen LogP contribution >= 0.6 is 0 Å². The number of nitrogens with zero attached hydrogens (tertiary/aromatic N) is 4. The third kappa shape index (κ3) is 6.14. The van der Waals surface area contributed by atoms with Gasteiger partial charge in [-0.15, -0.1) is 0 Å². The van der Waals surface area contributed by atoms with Crippen LogP contribution in [0.1, 0.15) is 31.9 Å². The fourth-order valence-corrected chi connectivity index (χ4v) is 3.59. The molecular weight excluding hydrogens is 395 g/mol. The van der Waals surface area contributed by atoms with Crippen molar-refractivity contribution in [3.05, 3.63) is 48.5 Å². The number of ether oxygens (including phenoxy) is 1. The van der Waals surface area contributed by atoms with Crippen LogP contribution in [0.2, 0.25) is 0 Å². The molecule has 1 aliphatic heterocycles. The maximum absolute atomic E-state index is 12.4. The molecular formula is C21H28F3N5O. The van der Waals surface area contributed by atoms with Gasteiger partial charge in [-0.2, -0.15) is 13.2 Å². The first-order chi connectivity index (χ1) is 14.4. The normalized spacial score (nSPS) is 20.3. The first-order valence-electron chi connectivity index (χ1n) is 10.1. The zero-order valence-electron chi connectivity index (χ0n) is 17.3. The number of hydrogen-bond acceptors (Lipinski definition) is 3. The van der Waals surface area contributed by atoms with Gasteiger partial charge in [0, 0.05) is 32.0 Å². The molecule has 0 saturated carbocycles. The highest BCUT2D eigenvalue weighted by Crippen LogP contribution is 2.27. The van der Waals surface area contributed by atoms with Crippen LogP contribution < -0.4 is 10.1 Å². The molecule has 2 heterocycles. The molecule has 0 spiro atoms. The molecule has 9 heteroatoms. The lowest BCUT2D eigenvalue weighted by molar-refractivity contribution is -0.153. The smallest absolute Gasteiger partial charge is 0.422 e. The van der Waals surface area contributed by atoms with E-state index in [-0.39, 0.29) is 5.75 Å². The zero-order chi connectivity index (χ0) is 21.6. The largest absolute Gasteiger partial charge is 0.484 e. The van der Waals surface area contributed by atoms with E-state index in [0.717, 1.165) is 37.6 Å². The quantitative estimate of drug-likeness (QED) is 0.566. The molecule has 2 atom stereocenters. The summed E-state index contributed by atoms with van der Waals surface area (Å²) in [5, 5.41) is 3.33. The molecule has 1 fully saturated rings. The van der Waals surface area contributed by atoms with Gasteiger partial charge in [0.05, 0.1) is 18.9 Å². The Morgan fingerprint density at radius 1 is 1.37 bits per heavy atom. The highest BCUT2D eigenvalue weighted by atomic mass is 19.4. The average Bonchev–Trinajstić information content (AvgIpc) is 3.24. The maximum Gasteiger partial charge on any atom is 0.422 e. The number of hydrogen-bond donors (Lipinski definition) is 1. The van der Waals surface area contributed by atoms with Crippen LogP contribution in [0.4, 0.5) is 13.2 Å². The van der Waals surface area contributed by atoms with Gasteiger partial charge in [-0.1, -0.05) is 19.1 Å². The molecule has 6 nitrogen and oxygen atoms in total. The summed E-state index contributed by atoms with van der Waals surface area (Å²) in [6.07, 6.45) is 2.30. The van der Waals surface area contributed by atoms with Gasteiger partial charge in [0.2, 0.25) is 0 Å². The minimum atomic E-state index is -4.36. The monoisotopic (exact) mass is 423 g/mol. The van der Waals surface area contributed by atoms with Gasteiger partial charge < -0.3 is 19.5 Å². The van der Waals surface area contributed by atoms with Crippen molar-refractivity contribution in [1.29, 1.82) is 0 Å². The van der Waals surface area contributed by atoms with E-state index in [9.17, 15) is 13.2 Å². The third-order valence-corrected chi connectivity index (χ3v) is 5.17. The molecule has 1 saturated heterocycles. The molecule has 30 heavy (non-hydrogen) atoms. The van der Waals surface area contributed by atoms with E-state index in [4.69, 9.17) is 9.73 Å². The van der Waals surface area contributed by atoms with E-state index in [2.05, 4.69) is 26.7 Å². The standard InChI is InChI=1S/C21H28F3N5O/c1-3-26-20(28-9-7-16(2)19(13-28)29-10-8-25-15-29)27-12-17-5-4-6-18(11-17)30-14-21(22,23)24/h4-6,8,10-11,15-16,19H,3,7,9,12-14H2,1-2H3,(H,26,27). The molecule has 1 aromatic heterocycles. The molecule has 2 aromatic rings. The molecule has 3 rings (SSSR count). The van der Waals surface area contributed by atoms with Crippen LogP contribution in [0.15, 0.2) is 48.0 Å². The van der Waals surface area contributed by atoms with Crippen LogP contribution in [-0.2, 0) is 6.54 Å². The highest BCUT2D eigenvalue weighted by molar-refractivity contribution is 5.80. The van der Waals surface area contributed by atoms with Crippen molar-refractivity contribution in [2.45, 2.75) is 39.0 Å². The number of alkyl halides is 3. The summed E-state index contributed by atoms with van der Waals surface area (Å²) in [6.45, 7) is 5.76. The predicted molar refractivity (Wildman–Crippen MR) is 109 cm³/mol. The van der Waals surface area contributed by atoms with E-state index in [1.807, 2.05) is 25.5 Å². The zero-order valence-corrected chi connectivity index (χ0v) is 17.3. The summed E-state index contributed by atoms with van der Waals surface area (Å²) in [6, 6.07) is 6.95. The van der Waals surface area contributed by atoms with E-state index in [1.54, 1.807) is 18.3 Å². The Balaban J connectivity index is 1.68. The predicted octanol–water partition coefficient (Wildman–Crippen LogP) is 3.87. The molecule has 0 amide bonds. The highest BCUT2D eigenvalue weighted by Gasteiger charge is 2.29. The van der Waals surface area contributed by atoms with Crippen LogP contribution in [-0.4, -0.2) is 52.8 Å². The first kappa shape index (κ1) is 22.0. The second kappa shape index (κ2) is 9.86. The van der Waals surface area contributed by atoms with Crippen molar-refractivity contribution in [3.8, 4) is 5.75 Å². The van der Waals surface area contributed by atoms with Crippen molar-refractivity contribution >= 4 is 5.96 Å². The van der Waals surface area contributed by atoms with Gasteiger partial charge in [0.1, 0.15) is 5.75 Å². The second-order valence-corrected chi connectivity index (χ2v) is 7.51. The Hall–Kier alpha value is -2.71. The van der Waals surface area contributed by atoms with Crippen LogP contribution in [0.25, 0.3) is 0 Å². The first-order valence-corrected chi connectivity index (χ1v) is 10.1. The minimum Gasteiger partial charge on any atom is -0.484 e. The molecule has 164 valence electrons. The van der Waals surface area contributed by atoms with Crippen LogP contribution in [0.5, 0.6) is 5.75 Å². The van der Waals surface area contributed by atoms with Crippen molar-refractivity contribution in [2.24, 2.45) is 10.9 Å². The summed E-state index contributed by atoms with van der Waals surface area (Å²) in [5.74, 6) is 1.52. The SMILES string of the molecule is CCNC(=NCc1cccc(OCC(F)(F)F)c1)N1CCC(C)C(n2ccnc2)C1. The number of aromatic nitrogens is 2. The number of nitrogens with one attached hydrogen (secondary N) is 1. The molecule has 0 radical (unpaired) electrons. The van der Waals surface area contributed by atoms with E-state index < -0.39 is 12.8 Å². The number of halogens is 3. The Kier molecular flexibility index (Phi) is 7.23. The van der Waals surface area contributed by atoms with Crippen LogP contribution in [0.3, 0.4) is 0 Å². The fraction of sp³-hybridized carbons (Fsp3) is 0.524. The number of guanidine groups is 1. The Morgan fingerprint density at radius 3 is 2.90 bits per heavy atom. The molecule has 1 N–H and O–H groups in total. The number of benzene rings is 1. The van der Waals surface area contributed by atoms with Gasteiger partial charge in [0.15, 0.2) is 12.6 Å². The molecule has 2 unspecified atom stereocenters. The lowest BCUT2D eigenvalue weighted by atomic mass is 9.93. The van der Waals surface area contributed by atoms with Crippen molar-refractivity contribution in [3.63, 3.8) is 0 Å². The third-order valence-electron chi connectivity index (χ3n) is 5.17. The Labute approximate surface area is 174 Å². The maximum atomic E-state index is 12.4. The van der Waals surface area contributed by atoms with E-state index in [1.165, 1.54) is 6.07 Å². The minimum absolute atomic E-state index is 0.192. The average molecular weight is 423 g/mol. The number of aliphatic imine (C=N–C) groups is 1. The Morgan fingerprint density at radius 2 is 2.20 bits per heavy atom. The molecule has 1 aliphatic rings. The van der Waals surface area contributed by atoms with Crippen molar-refractivity contribution in [2.75, 3.05) is 26.2 Å². The Bertz CT molecular complexity index is 822. The number of piperidine rings is 1. The summed E-state index contributed by atoms with van der Waals surface area (Å²) in [7, 11) is 0. The van der Waals surface area contributed by atoms with E-state index >= 15 is 0 Å². The topological polar surface area (TPSA) is 54.7 Å². The summed E-state index contributed by atoms with van der Waals surface area (Å²) in [4.78, 5) is 11.1. The summed E-state index contributed by atoms with van der Waals surface area (Å²) in [5.41, 5.74) is 0.793. The number of rotatable bonds is 6. The summed E-state index contributed by atoms with van der Waals surface area (Å²) < 4.78 is 44.1. The van der Waals surface area contributed by atoms with Gasteiger partial charge >= 0.3 is 6.18 Å². The van der Waals surface area contributed by atoms with Crippen molar-refractivity contribution in [1.82, 2.24) is 19.8 Å². The van der Waals surface area contributed by atoms with Crippen molar-refractivity contribution < 1.29 is 17.9 Å². The molecule has 0 bridgehead atoms. The van der Waals surface area contributed by atoms with Gasteiger partial charge in [-0.05, 0) is 37.0 Å². The number of likely N-dealkylation sites (tertiary alicyclic amines) is 1. The molecule has 0 aliphatic carbocycles.